The number of halogens is 2. The van der Waals surface area contributed by atoms with Gasteiger partial charge in [0.05, 0.1) is 17.8 Å². The monoisotopic (exact) mass is 309 g/mol. The van der Waals surface area contributed by atoms with Crippen molar-refractivity contribution in [2.45, 2.75) is 50.5 Å². The second-order valence-corrected chi connectivity index (χ2v) is 5.77. The minimum Gasteiger partial charge on any atom is -0.334 e. The molecule has 1 heterocycles. The van der Waals surface area contributed by atoms with Crippen LogP contribution in [0.5, 0.6) is 0 Å². The molecule has 112 valence electrons. The minimum absolute atomic E-state index is 0.0339. The standard InChI is InChI=1S/C15H17ClFN3O/c16-13-12(8-11(17)9-19-13)14(21)20-15(10-18)6-4-2-1-3-5-7-15/h8-9H,1-7H2,(H,20,21). The number of aromatic nitrogens is 1. The van der Waals surface area contributed by atoms with Gasteiger partial charge in [0.25, 0.3) is 5.91 Å². The molecule has 1 N–H and O–H groups in total. The maximum Gasteiger partial charge on any atom is 0.255 e. The van der Waals surface area contributed by atoms with Gasteiger partial charge in [0.15, 0.2) is 0 Å². The van der Waals surface area contributed by atoms with Gasteiger partial charge in [-0.05, 0) is 18.9 Å². The fourth-order valence-electron chi connectivity index (χ4n) is 2.64. The van der Waals surface area contributed by atoms with E-state index in [2.05, 4.69) is 16.4 Å². The van der Waals surface area contributed by atoms with E-state index < -0.39 is 17.3 Å². The molecule has 2 rings (SSSR count). The van der Waals surface area contributed by atoms with Crippen LogP contribution in [0.25, 0.3) is 0 Å². The van der Waals surface area contributed by atoms with Gasteiger partial charge in [-0.25, -0.2) is 9.37 Å². The summed E-state index contributed by atoms with van der Waals surface area (Å²) in [6.45, 7) is 0. The minimum atomic E-state index is -0.896. The number of carbonyl (C=O) groups is 1. The maximum absolute atomic E-state index is 13.2. The van der Waals surface area contributed by atoms with Gasteiger partial charge in [-0.3, -0.25) is 4.79 Å². The molecular weight excluding hydrogens is 293 g/mol. The fourth-order valence-corrected chi connectivity index (χ4v) is 2.83. The average Bonchev–Trinajstić information content (AvgIpc) is 2.44. The van der Waals surface area contributed by atoms with Gasteiger partial charge in [0.1, 0.15) is 16.5 Å². The van der Waals surface area contributed by atoms with E-state index in [1.54, 1.807) is 0 Å². The summed E-state index contributed by atoms with van der Waals surface area (Å²) in [6.07, 6.45) is 7.23. The molecule has 0 spiro atoms. The molecule has 6 heteroatoms. The Labute approximate surface area is 128 Å². The highest BCUT2D eigenvalue weighted by Crippen LogP contribution is 2.27. The average molecular weight is 310 g/mol. The van der Waals surface area contributed by atoms with Gasteiger partial charge in [-0.15, -0.1) is 0 Å². The predicted molar refractivity (Wildman–Crippen MR) is 77.3 cm³/mol. The number of pyridine rings is 1. The number of hydrogen-bond donors (Lipinski definition) is 1. The summed E-state index contributed by atoms with van der Waals surface area (Å²) in [5.41, 5.74) is -0.930. The van der Waals surface area contributed by atoms with Crippen LogP contribution in [0.4, 0.5) is 4.39 Å². The van der Waals surface area contributed by atoms with E-state index in [1.807, 2.05) is 0 Å². The molecule has 0 aliphatic heterocycles. The van der Waals surface area contributed by atoms with Gasteiger partial charge in [-0.2, -0.15) is 5.26 Å². The Kier molecular flexibility index (Phi) is 5.13. The highest BCUT2D eigenvalue weighted by Gasteiger charge is 2.32. The van der Waals surface area contributed by atoms with Gasteiger partial charge in [-0.1, -0.05) is 43.7 Å². The summed E-state index contributed by atoms with van der Waals surface area (Å²) in [5.74, 6) is -1.18. The Balaban J connectivity index is 2.18. The van der Waals surface area contributed by atoms with Crippen LogP contribution in [0, 0.1) is 17.1 Å². The molecule has 1 fully saturated rings. The smallest absolute Gasteiger partial charge is 0.255 e. The first-order chi connectivity index (χ1) is 10.1. The van der Waals surface area contributed by atoms with E-state index in [0.29, 0.717) is 12.8 Å². The van der Waals surface area contributed by atoms with Gasteiger partial charge >= 0.3 is 0 Å². The number of nitriles is 1. The van der Waals surface area contributed by atoms with Crippen molar-refractivity contribution in [2.75, 3.05) is 0 Å². The largest absolute Gasteiger partial charge is 0.334 e. The van der Waals surface area contributed by atoms with Crippen LogP contribution in [0.2, 0.25) is 5.15 Å². The summed E-state index contributed by atoms with van der Waals surface area (Å²) in [4.78, 5) is 15.9. The zero-order valence-corrected chi connectivity index (χ0v) is 12.4. The van der Waals surface area contributed by atoms with Crippen molar-refractivity contribution in [3.63, 3.8) is 0 Å². The molecule has 4 nitrogen and oxygen atoms in total. The summed E-state index contributed by atoms with van der Waals surface area (Å²) in [7, 11) is 0. The molecule has 1 aromatic heterocycles. The lowest BCUT2D eigenvalue weighted by molar-refractivity contribution is 0.0907. The summed E-state index contributed by atoms with van der Waals surface area (Å²) in [6, 6.07) is 3.27. The quantitative estimate of drug-likeness (QED) is 0.849. The predicted octanol–water partition coefficient (Wildman–Crippen LogP) is 3.61. The molecule has 0 aromatic carbocycles. The molecule has 0 atom stereocenters. The molecule has 1 aliphatic carbocycles. The van der Waals surface area contributed by atoms with Gasteiger partial charge in [0.2, 0.25) is 0 Å². The zero-order chi connectivity index (χ0) is 15.3. The van der Waals surface area contributed by atoms with Crippen LogP contribution in [0.15, 0.2) is 12.3 Å². The first kappa shape index (κ1) is 15.7. The molecular formula is C15H17ClFN3O. The van der Waals surface area contributed by atoms with Gasteiger partial charge < -0.3 is 5.32 Å². The van der Waals surface area contributed by atoms with Gasteiger partial charge in [0, 0.05) is 0 Å². The van der Waals surface area contributed by atoms with Crippen molar-refractivity contribution in [3.05, 3.63) is 28.8 Å². The summed E-state index contributed by atoms with van der Waals surface area (Å²) >= 11 is 5.83. The summed E-state index contributed by atoms with van der Waals surface area (Å²) < 4.78 is 13.2. The van der Waals surface area contributed by atoms with E-state index >= 15 is 0 Å². The Morgan fingerprint density at radius 2 is 1.95 bits per heavy atom. The molecule has 1 amide bonds. The van der Waals surface area contributed by atoms with Crippen molar-refractivity contribution >= 4 is 17.5 Å². The highest BCUT2D eigenvalue weighted by atomic mass is 35.5. The van der Waals surface area contributed by atoms with E-state index in [0.717, 1.165) is 44.4 Å². The van der Waals surface area contributed by atoms with Crippen LogP contribution >= 0.6 is 11.6 Å². The number of nitrogens with one attached hydrogen (secondary N) is 1. The third-order valence-corrected chi connectivity index (χ3v) is 4.13. The van der Waals surface area contributed by atoms with Crippen LogP contribution in [0.1, 0.15) is 55.3 Å². The first-order valence-corrected chi connectivity index (χ1v) is 7.49. The number of rotatable bonds is 2. The Hall–Kier alpha value is -1.67. The Bertz CT molecular complexity index is 563. The van der Waals surface area contributed by atoms with Crippen molar-refractivity contribution < 1.29 is 9.18 Å². The molecule has 0 bridgehead atoms. The van der Waals surface area contributed by atoms with E-state index in [1.165, 1.54) is 0 Å². The molecule has 0 saturated heterocycles. The first-order valence-electron chi connectivity index (χ1n) is 7.11. The second-order valence-electron chi connectivity index (χ2n) is 5.41. The molecule has 1 aromatic rings. The van der Waals surface area contributed by atoms with Crippen LogP contribution in [-0.4, -0.2) is 16.4 Å². The van der Waals surface area contributed by atoms with Crippen LogP contribution < -0.4 is 5.32 Å². The third kappa shape index (κ3) is 3.92. The lowest BCUT2D eigenvalue weighted by atomic mass is 9.85. The van der Waals surface area contributed by atoms with E-state index in [-0.39, 0.29) is 10.7 Å². The number of carbonyl (C=O) groups excluding carboxylic acids is 1. The molecule has 1 saturated carbocycles. The van der Waals surface area contributed by atoms with Crippen molar-refractivity contribution in [1.82, 2.24) is 10.3 Å². The highest BCUT2D eigenvalue weighted by molar-refractivity contribution is 6.32. The Morgan fingerprint density at radius 3 is 2.57 bits per heavy atom. The number of amides is 1. The van der Waals surface area contributed by atoms with E-state index in [9.17, 15) is 14.4 Å². The molecule has 0 radical (unpaired) electrons. The molecule has 0 unspecified atom stereocenters. The second kappa shape index (κ2) is 6.86. The molecule has 21 heavy (non-hydrogen) atoms. The lowest BCUT2D eigenvalue weighted by Crippen LogP contribution is -2.47. The normalized spacial score (nSPS) is 18.1. The number of nitrogens with zero attached hydrogens (tertiary/aromatic N) is 2. The fraction of sp³-hybridized carbons (Fsp3) is 0.533. The van der Waals surface area contributed by atoms with Crippen molar-refractivity contribution in [1.29, 1.82) is 5.26 Å². The summed E-state index contributed by atoms with van der Waals surface area (Å²) in [5, 5.41) is 12.2. The topological polar surface area (TPSA) is 65.8 Å². The Morgan fingerprint density at radius 1 is 1.33 bits per heavy atom. The van der Waals surface area contributed by atoms with Crippen molar-refractivity contribution in [3.8, 4) is 6.07 Å². The SMILES string of the molecule is N#CC1(NC(=O)c2cc(F)cnc2Cl)CCCCCCC1. The maximum atomic E-state index is 13.2. The molecule has 1 aliphatic rings. The van der Waals surface area contributed by atoms with Crippen LogP contribution in [0.3, 0.4) is 0 Å². The third-order valence-electron chi connectivity index (χ3n) is 3.82. The van der Waals surface area contributed by atoms with Crippen molar-refractivity contribution in [2.24, 2.45) is 0 Å². The van der Waals surface area contributed by atoms with E-state index in [4.69, 9.17) is 11.6 Å². The van der Waals surface area contributed by atoms with Crippen LogP contribution in [-0.2, 0) is 0 Å². The number of hydrogen-bond acceptors (Lipinski definition) is 3. The lowest BCUT2D eigenvalue weighted by Gasteiger charge is -2.29. The zero-order valence-electron chi connectivity index (χ0n) is 11.7.